The molecule has 1 radical (unpaired) electrons. The Morgan fingerprint density at radius 3 is 2.71 bits per heavy atom. The Bertz CT molecular complexity index is 910. The van der Waals surface area contributed by atoms with Gasteiger partial charge in [-0.05, 0) is 30.3 Å². The number of benzene rings is 2. The topological polar surface area (TPSA) is 39.2 Å². The van der Waals surface area contributed by atoms with Crippen molar-refractivity contribution < 1.29 is 9.53 Å². The van der Waals surface area contributed by atoms with Crippen LogP contribution in [0.25, 0.3) is 22.4 Å². The summed E-state index contributed by atoms with van der Waals surface area (Å²) in [7, 11) is 1.51. The lowest BCUT2D eigenvalue weighted by molar-refractivity contribution is 0.112. The second kappa shape index (κ2) is 7.04. The Hall–Kier alpha value is -2.36. The molecule has 0 fully saturated rings. The molecule has 0 aliphatic heterocycles. The van der Waals surface area contributed by atoms with Gasteiger partial charge in [-0.3, -0.25) is 9.78 Å². The first-order valence-electron chi connectivity index (χ1n) is 7.09. The summed E-state index contributed by atoms with van der Waals surface area (Å²) >= 11 is 12.8. The van der Waals surface area contributed by atoms with Gasteiger partial charge < -0.3 is 4.74 Å². The number of hydrogen-bond acceptors (Lipinski definition) is 3. The smallest absolute Gasteiger partial charge is 0.153 e. The zero-order chi connectivity index (χ0) is 17.1. The van der Waals surface area contributed by atoms with Gasteiger partial charge in [0.1, 0.15) is 5.75 Å². The molecule has 0 aliphatic carbocycles. The van der Waals surface area contributed by atoms with Crippen LogP contribution in [0.4, 0.5) is 0 Å². The van der Waals surface area contributed by atoms with Gasteiger partial charge in [-0.25, -0.2) is 0 Å². The molecule has 3 rings (SSSR count). The van der Waals surface area contributed by atoms with Crippen LogP contribution in [-0.4, -0.2) is 18.4 Å². The minimum atomic E-state index is 0.468. The van der Waals surface area contributed by atoms with Crippen molar-refractivity contribution in [2.75, 3.05) is 7.11 Å². The lowest BCUT2D eigenvalue weighted by Crippen LogP contribution is -1.93. The van der Waals surface area contributed by atoms with Gasteiger partial charge in [0.15, 0.2) is 6.29 Å². The lowest BCUT2D eigenvalue weighted by Gasteiger charge is -2.12. The summed E-state index contributed by atoms with van der Waals surface area (Å²) in [6, 6.07) is 15.2. The van der Waals surface area contributed by atoms with Crippen molar-refractivity contribution in [2.24, 2.45) is 0 Å². The zero-order valence-corrected chi connectivity index (χ0v) is 14.2. The van der Waals surface area contributed by atoms with E-state index in [1.807, 2.05) is 12.1 Å². The number of hydrogen-bond donors (Lipinski definition) is 0. The first kappa shape index (κ1) is 16.5. The molecule has 0 aliphatic rings. The molecule has 0 atom stereocenters. The number of methoxy groups -OCH3 is 1. The van der Waals surface area contributed by atoms with Crippen LogP contribution >= 0.6 is 23.2 Å². The first-order valence-corrected chi connectivity index (χ1v) is 7.85. The van der Waals surface area contributed by atoms with Gasteiger partial charge in [0, 0.05) is 27.9 Å². The third-order valence-electron chi connectivity index (χ3n) is 3.63. The third-order valence-corrected chi connectivity index (χ3v) is 4.32. The molecule has 3 aromatic rings. The van der Waals surface area contributed by atoms with E-state index in [9.17, 15) is 4.79 Å². The Balaban J connectivity index is 2.16. The van der Waals surface area contributed by atoms with E-state index >= 15 is 0 Å². The average molecular weight is 357 g/mol. The highest BCUT2D eigenvalue weighted by atomic mass is 35.5. The molecule has 119 valence electrons. The van der Waals surface area contributed by atoms with E-state index in [2.05, 4.69) is 11.1 Å². The van der Waals surface area contributed by atoms with Crippen molar-refractivity contribution in [1.82, 2.24) is 4.98 Å². The number of aromatic nitrogens is 1. The van der Waals surface area contributed by atoms with E-state index in [0.29, 0.717) is 27.1 Å². The number of pyridine rings is 1. The van der Waals surface area contributed by atoms with Crippen molar-refractivity contribution in [2.45, 2.75) is 0 Å². The van der Waals surface area contributed by atoms with Crippen molar-refractivity contribution in [1.29, 1.82) is 0 Å². The first-order chi connectivity index (χ1) is 11.7. The summed E-state index contributed by atoms with van der Waals surface area (Å²) in [5.74, 6) is 0.470. The average Bonchev–Trinajstić information content (AvgIpc) is 2.62. The molecule has 5 heteroatoms. The number of carbonyl (C=O) groups excluding carboxylic acids is 1. The van der Waals surface area contributed by atoms with Crippen LogP contribution < -0.4 is 4.74 Å². The summed E-state index contributed by atoms with van der Waals surface area (Å²) in [5.41, 5.74) is 3.39. The molecule has 1 heterocycles. The fraction of sp³-hybridized carbons (Fsp3) is 0.0526. The summed E-state index contributed by atoms with van der Waals surface area (Å²) in [5, 5.41) is 1.04. The summed E-state index contributed by atoms with van der Waals surface area (Å²) in [4.78, 5) is 15.4. The second-order valence-electron chi connectivity index (χ2n) is 5.00. The molecular formula is C19H12Cl2NO2. The van der Waals surface area contributed by atoms with E-state index in [4.69, 9.17) is 27.9 Å². The predicted molar refractivity (Wildman–Crippen MR) is 95.9 cm³/mol. The fourth-order valence-electron chi connectivity index (χ4n) is 2.44. The molecule has 1 aromatic heterocycles. The number of rotatable bonds is 4. The molecular weight excluding hydrogens is 345 g/mol. The lowest BCUT2D eigenvalue weighted by atomic mass is 10.0. The van der Waals surface area contributed by atoms with E-state index in [0.717, 1.165) is 23.0 Å². The van der Waals surface area contributed by atoms with Gasteiger partial charge in [0.25, 0.3) is 0 Å². The standard InChI is InChI=1S/C19H12Cl2NO2/c1-24-17-10-12(6-7-13(17)11-23)19-18(21)15(8-9-22-19)14-4-2-3-5-16(14)20/h2,4-11H,1H3. The number of carbonyl (C=O) groups is 1. The van der Waals surface area contributed by atoms with Gasteiger partial charge in [-0.2, -0.15) is 0 Å². The molecule has 3 nitrogen and oxygen atoms in total. The number of aldehydes is 1. The Kier molecular flexibility index (Phi) is 4.84. The molecule has 0 N–H and O–H groups in total. The van der Waals surface area contributed by atoms with Crippen molar-refractivity contribution in [3.05, 3.63) is 70.3 Å². The van der Waals surface area contributed by atoms with Crippen LogP contribution in [0, 0.1) is 6.07 Å². The van der Waals surface area contributed by atoms with Crippen LogP contribution in [-0.2, 0) is 0 Å². The molecule has 0 amide bonds. The third kappa shape index (κ3) is 3.01. The quantitative estimate of drug-likeness (QED) is 0.592. The van der Waals surface area contributed by atoms with Crippen molar-refractivity contribution >= 4 is 29.5 Å². The molecule has 0 spiro atoms. The highest BCUT2D eigenvalue weighted by Gasteiger charge is 2.14. The predicted octanol–water partition coefficient (Wildman–Crippen LogP) is 5.34. The molecule has 0 unspecified atom stereocenters. The minimum absolute atomic E-state index is 0.468. The normalized spacial score (nSPS) is 10.5. The highest BCUT2D eigenvalue weighted by molar-refractivity contribution is 6.38. The maximum absolute atomic E-state index is 11.0. The highest BCUT2D eigenvalue weighted by Crippen LogP contribution is 2.38. The zero-order valence-electron chi connectivity index (χ0n) is 12.7. The van der Waals surface area contributed by atoms with E-state index in [1.165, 1.54) is 7.11 Å². The second-order valence-corrected chi connectivity index (χ2v) is 5.79. The maximum Gasteiger partial charge on any atom is 0.153 e. The van der Waals surface area contributed by atoms with E-state index in [-0.39, 0.29) is 0 Å². The molecule has 0 bridgehead atoms. The van der Waals surface area contributed by atoms with E-state index in [1.54, 1.807) is 36.5 Å². The minimum Gasteiger partial charge on any atom is -0.496 e. The largest absolute Gasteiger partial charge is 0.496 e. The maximum atomic E-state index is 11.0. The summed E-state index contributed by atoms with van der Waals surface area (Å²) in [6.07, 6.45) is 2.41. The number of nitrogens with zero attached hydrogens (tertiary/aromatic N) is 1. The van der Waals surface area contributed by atoms with Crippen LogP contribution in [0.5, 0.6) is 5.75 Å². The van der Waals surface area contributed by atoms with Gasteiger partial charge >= 0.3 is 0 Å². The summed E-state index contributed by atoms with van der Waals surface area (Å²) in [6.45, 7) is 0. The molecule has 2 aromatic carbocycles. The Labute approximate surface area is 149 Å². The Morgan fingerprint density at radius 2 is 2.00 bits per heavy atom. The SMILES string of the molecule is COc1cc(-c2nccc(-c3cc[c]cc3Cl)c2Cl)ccc1C=O. The van der Waals surface area contributed by atoms with Crippen LogP contribution in [0.3, 0.4) is 0 Å². The van der Waals surface area contributed by atoms with Crippen LogP contribution in [0.1, 0.15) is 10.4 Å². The molecule has 24 heavy (non-hydrogen) atoms. The van der Waals surface area contributed by atoms with Crippen LogP contribution in [0.2, 0.25) is 10.0 Å². The Morgan fingerprint density at radius 1 is 1.17 bits per heavy atom. The summed E-state index contributed by atoms with van der Waals surface area (Å²) < 4.78 is 5.24. The molecule has 0 saturated carbocycles. The van der Waals surface area contributed by atoms with Gasteiger partial charge in [0.05, 0.1) is 23.4 Å². The van der Waals surface area contributed by atoms with Gasteiger partial charge in [-0.1, -0.05) is 41.4 Å². The van der Waals surface area contributed by atoms with Gasteiger partial charge in [-0.15, -0.1) is 0 Å². The number of ether oxygens (including phenoxy) is 1. The van der Waals surface area contributed by atoms with Crippen LogP contribution in [0.15, 0.2) is 48.7 Å². The van der Waals surface area contributed by atoms with Gasteiger partial charge in [0.2, 0.25) is 0 Å². The molecule has 0 saturated heterocycles. The van der Waals surface area contributed by atoms with Crippen molar-refractivity contribution in [3.8, 4) is 28.1 Å². The number of halogens is 2. The fourth-order valence-corrected chi connectivity index (χ4v) is 2.99. The van der Waals surface area contributed by atoms with E-state index < -0.39 is 0 Å². The monoisotopic (exact) mass is 356 g/mol. The van der Waals surface area contributed by atoms with Crippen molar-refractivity contribution in [3.63, 3.8) is 0 Å².